The first-order valence-electron chi connectivity index (χ1n) is 5.93. The molecule has 2 heterocycles. The molecule has 0 saturated carbocycles. The van der Waals surface area contributed by atoms with E-state index in [1.165, 1.54) is 0 Å². The zero-order valence-electron chi connectivity index (χ0n) is 10.7. The number of aromatic amines is 1. The number of nitrogens with zero attached hydrogens (tertiary/aromatic N) is 1. The summed E-state index contributed by atoms with van der Waals surface area (Å²) < 4.78 is 6.36. The Morgan fingerprint density at radius 1 is 1.30 bits per heavy atom. The molecule has 2 aromatic heterocycles. The first-order chi connectivity index (χ1) is 9.72. The average Bonchev–Trinajstić information content (AvgIpc) is 3.05. The third kappa shape index (κ3) is 2.10. The molecule has 0 bridgehead atoms. The number of anilines is 1. The first kappa shape index (κ1) is 13.2. The number of nitrogens with two attached hydrogens (primary N) is 1. The van der Waals surface area contributed by atoms with Crippen molar-refractivity contribution >= 4 is 33.1 Å². The summed E-state index contributed by atoms with van der Waals surface area (Å²) in [6, 6.07) is 9.87. The fourth-order valence-corrected chi connectivity index (χ4v) is 3.44. The third-order valence-corrected chi connectivity index (χ3v) is 4.62. The van der Waals surface area contributed by atoms with Crippen LogP contribution in [0.3, 0.4) is 0 Å². The van der Waals surface area contributed by atoms with Crippen LogP contribution in [-0.4, -0.2) is 17.3 Å². The number of halogens is 1. The number of thiophene rings is 1. The summed E-state index contributed by atoms with van der Waals surface area (Å²) in [5.41, 5.74) is 8.81. The number of ether oxygens (including phenoxy) is 1. The van der Waals surface area contributed by atoms with Gasteiger partial charge in [0.1, 0.15) is 5.75 Å². The number of nitrogens with one attached hydrogen (secondary N) is 1. The van der Waals surface area contributed by atoms with Crippen molar-refractivity contribution in [2.24, 2.45) is 0 Å². The van der Waals surface area contributed by atoms with Crippen LogP contribution in [0.15, 0.2) is 40.2 Å². The zero-order chi connectivity index (χ0) is 14.1. The van der Waals surface area contributed by atoms with Gasteiger partial charge in [-0.1, -0.05) is 34.1 Å². The maximum atomic E-state index is 6.04. The number of H-pyrrole nitrogens is 1. The maximum absolute atomic E-state index is 6.04. The molecule has 0 spiro atoms. The monoisotopic (exact) mass is 349 g/mol. The smallest absolute Gasteiger partial charge is 0.153 e. The molecule has 0 unspecified atom stereocenters. The van der Waals surface area contributed by atoms with Crippen molar-refractivity contribution in [2.75, 3.05) is 12.8 Å². The Hall–Kier alpha value is -1.79. The van der Waals surface area contributed by atoms with E-state index in [1.807, 2.05) is 35.7 Å². The maximum Gasteiger partial charge on any atom is 0.153 e. The summed E-state index contributed by atoms with van der Waals surface area (Å²) in [5.74, 6) is 1.29. The lowest BCUT2D eigenvalue weighted by atomic mass is 10.0. The van der Waals surface area contributed by atoms with Gasteiger partial charge in [-0.3, -0.25) is 5.10 Å². The lowest BCUT2D eigenvalue weighted by molar-refractivity contribution is 0.418. The van der Waals surface area contributed by atoms with Crippen molar-refractivity contribution in [3.05, 3.63) is 40.2 Å². The number of benzene rings is 1. The second kappa shape index (κ2) is 5.30. The summed E-state index contributed by atoms with van der Waals surface area (Å²) in [4.78, 5) is 0.988. The predicted octanol–water partition coefficient (Wildman–Crippen LogP) is 4.16. The standard InChI is InChI=1S/C14H12BrN3OS/c1-19-10-6-7-20-13(10)12-11(14(16)18-17-12)8-4-2-3-5-9(8)15/h2-7H,1H3,(H3,16,17,18). The molecule has 0 amide bonds. The normalized spacial score (nSPS) is 10.7. The Balaban J connectivity index is 2.23. The zero-order valence-corrected chi connectivity index (χ0v) is 13.1. The molecular formula is C14H12BrN3OS. The highest BCUT2D eigenvalue weighted by molar-refractivity contribution is 9.10. The largest absolute Gasteiger partial charge is 0.495 e. The second-order valence-corrected chi connectivity index (χ2v) is 5.93. The Kier molecular flexibility index (Phi) is 3.50. The summed E-state index contributed by atoms with van der Waals surface area (Å²) >= 11 is 5.15. The average molecular weight is 350 g/mol. The lowest BCUT2D eigenvalue weighted by Gasteiger charge is -2.07. The van der Waals surface area contributed by atoms with Crippen LogP contribution in [0.1, 0.15) is 0 Å². The molecule has 3 aromatic rings. The highest BCUT2D eigenvalue weighted by Gasteiger charge is 2.20. The molecule has 102 valence electrons. The summed E-state index contributed by atoms with van der Waals surface area (Å²) in [6.45, 7) is 0. The van der Waals surface area contributed by atoms with Gasteiger partial charge in [-0.05, 0) is 17.5 Å². The second-order valence-electron chi connectivity index (χ2n) is 4.16. The minimum absolute atomic E-state index is 0.474. The van der Waals surface area contributed by atoms with Crippen molar-refractivity contribution in [1.82, 2.24) is 10.2 Å². The van der Waals surface area contributed by atoms with Crippen LogP contribution in [-0.2, 0) is 0 Å². The number of rotatable bonds is 3. The molecule has 0 aliphatic carbocycles. The third-order valence-electron chi connectivity index (χ3n) is 3.01. The number of aromatic nitrogens is 2. The Labute approximate surface area is 128 Å². The van der Waals surface area contributed by atoms with Crippen molar-refractivity contribution in [3.8, 4) is 27.4 Å². The van der Waals surface area contributed by atoms with Crippen molar-refractivity contribution in [2.45, 2.75) is 0 Å². The van der Waals surface area contributed by atoms with Crippen LogP contribution in [0.25, 0.3) is 21.7 Å². The van der Waals surface area contributed by atoms with Crippen LogP contribution in [0.5, 0.6) is 5.75 Å². The Morgan fingerprint density at radius 3 is 2.85 bits per heavy atom. The van der Waals surface area contributed by atoms with Crippen molar-refractivity contribution in [1.29, 1.82) is 0 Å². The molecule has 0 aliphatic rings. The quantitative estimate of drug-likeness (QED) is 0.746. The van der Waals surface area contributed by atoms with Gasteiger partial charge in [0.15, 0.2) is 5.82 Å². The molecule has 0 atom stereocenters. The predicted molar refractivity (Wildman–Crippen MR) is 86.0 cm³/mol. The van der Waals surface area contributed by atoms with Gasteiger partial charge in [0, 0.05) is 10.0 Å². The van der Waals surface area contributed by atoms with Gasteiger partial charge in [-0.2, -0.15) is 5.10 Å². The molecule has 0 fully saturated rings. The highest BCUT2D eigenvalue weighted by Crippen LogP contribution is 2.43. The van der Waals surface area contributed by atoms with Gasteiger partial charge >= 0.3 is 0 Å². The number of hydrogen-bond donors (Lipinski definition) is 2. The van der Waals surface area contributed by atoms with Crippen molar-refractivity contribution < 1.29 is 4.74 Å². The summed E-state index contributed by atoms with van der Waals surface area (Å²) in [5, 5.41) is 9.14. The number of hydrogen-bond acceptors (Lipinski definition) is 4. The molecule has 3 rings (SSSR count). The molecule has 20 heavy (non-hydrogen) atoms. The molecular weight excluding hydrogens is 338 g/mol. The van der Waals surface area contributed by atoms with E-state index in [4.69, 9.17) is 10.5 Å². The fraction of sp³-hybridized carbons (Fsp3) is 0.0714. The van der Waals surface area contributed by atoms with Gasteiger partial charge in [0.2, 0.25) is 0 Å². The van der Waals surface area contributed by atoms with E-state index in [0.29, 0.717) is 5.82 Å². The van der Waals surface area contributed by atoms with Crippen LogP contribution in [0.2, 0.25) is 0 Å². The minimum atomic E-state index is 0.474. The molecule has 3 N–H and O–H groups in total. The van der Waals surface area contributed by atoms with E-state index in [9.17, 15) is 0 Å². The van der Waals surface area contributed by atoms with E-state index in [2.05, 4.69) is 26.1 Å². The minimum Gasteiger partial charge on any atom is -0.495 e. The van der Waals surface area contributed by atoms with Gasteiger partial charge in [0.05, 0.1) is 23.2 Å². The van der Waals surface area contributed by atoms with E-state index < -0.39 is 0 Å². The lowest BCUT2D eigenvalue weighted by Crippen LogP contribution is -1.90. The van der Waals surface area contributed by atoms with Gasteiger partial charge in [-0.15, -0.1) is 11.3 Å². The van der Waals surface area contributed by atoms with Crippen LogP contribution in [0.4, 0.5) is 5.82 Å². The molecule has 0 radical (unpaired) electrons. The molecule has 0 aliphatic heterocycles. The van der Waals surface area contributed by atoms with Gasteiger partial charge in [0.25, 0.3) is 0 Å². The van der Waals surface area contributed by atoms with Gasteiger partial charge in [-0.25, -0.2) is 0 Å². The fourth-order valence-electron chi connectivity index (χ4n) is 2.10. The molecule has 6 heteroatoms. The molecule has 0 saturated heterocycles. The van der Waals surface area contributed by atoms with Crippen LogP contribution >= 0.6 is 27.3 Å². The van der Waals surface area contributed by atoms with E-state index in [0.717, 1.165) is 31.9 Å². The molecule has 1 aromatic carbocycles. The van der Waals surface area contributed by atoms with Crippen molar-refractivity contribution in [3.63, 3.8) is 0 Å². The first-order valence-corrected chi connectivity index (χ1v) is 7.60. The number of nitrogen functional groups attached to an aromatic ring is 1. The SMILES string of the molecule is COc1ccsc1-c1[nH]nc(N)c1-c1ccccc1Br. The van der Waals surface area contributed by atoms with E-state index in [-0.39, 0.29) is 0 Å². The summed E-state index contributed by atoms with van der Waals surface area (Å²) in [7, 11) is 1.66. The number of methoxy groups -OCH3 is 1. The highest BCUT2D eigenvalue weighted by atomic mass is 79.9. The summed E-state index contributed by atoms with van der Waals surface area (Å²) in [6.07, 6.45) is 0. The van der Waals surface area contributed by atoms with E-state index in [1.54, 1.807) is 18.4 Å². The van der Waals surface area contributed by atoms with Crippen LogP contribution in [0, 0.1) is 0 Å². The topological polar surface area (TPSA) is 63.9 Å². The Bertz CT molecular complexity index is 750. The Morgan fingerprint density at radius 2 is 2.10 bits per heavy atom. The van der Waals surface area contributed by atoms with E-state index >= 15 is 0 Å². The van der Waals surface area contributed by atoms with Gasteiger partial charge < -0.3 is 10.5 Å². The van der Waals surface area contributed by atoms with Crippen LogP contribution < -0.4 is 10.5 Å². The molecule has 4 nitrogen and oxygen atoms in total.